The highest BCUT2D eigenvalue weighted by Crippen LogP contribution is 2.23. The van der Waals surface area contributed by atoms with Crippen molar-refractivity contribution in [2.24, 2.45) is 7.05 Å². The zero-order chi connectivity index (χ0) is 18.6. The lowest BCUT2D eigenvalue weighted by molar-refractivity contribution is 0.0952. The first-order valence-corrected chi connectivity index (χ1v) is 8.67. The number of aromatic nitrogens is 3. The van der Waals surface area contributed by atoms with Gasteiger partial charge in [-0.1, -0.05) is 48.5 Å². The summed E-state index contributed by atoms with van der Waals surface area (Å²) < 4.78 is 1.71. The van der Waals surface area contributed by atoms with E-state index in [9.17, 15) is 4.79 Å². The van der Waals surface area contributed by atoms with Crippen LogP contribution in [0, 0.1) is 0 Å². The van der Waals surface area contributed by atoms with Gasteiger partial charge in [0, 0.05) is 25.0 Å². The van der Waals surface area contributed by atoms with E-state index in [2.05, 4.69) is 20.7 Å². The molecule has 0 saturated carbocycles. The number of carbonyl (C=O) groups is 1. The van der Waals surface area contributed by atoms with Crippen molar-refractivity contribution in [1.82, 2.24) is 20.1 Å². The average molecular weight is 357 g/mol. The zero-order valence-corrected chi connectivity index (χ0v) is 14.9. The molecule has 4 rings (SSSR count). The van der Waals surface area contributed by atoms with Crippen molar-refractivity contribution in [3.8, 4) is 0 Å². The number of nitrogens with one attached hydrogen (secondary N) is 2. The third-order valence-corrected chi connectivity index (χ3v) is 4.33. The van der Waals surface area contributed by atoms with Crippen molar-refractivity contribution in [3.63, 3.8) is 0 Å². The van der Waals surface area contributed by atoms with E-state index in [0.717, 1.165) is 22.3 Å². The number of anilines is 2. The average Bonchev–Trinajstić information content (AvgIpc) is 3.11. The van der Waals surface area contributed by atoms with Crippen LogP contribution in [0.3, 0.4) is 0 Å². The van der Waals surface area contributed by atoms with Crippen LogP contribution in [0.5, 0.6) is 0 Å². The maximum absolute atomic E-state index is 12.9. The Bertz CT molecular complexity index is 1090. The topological polar surface area (TPSA) is 71.8 Å². The summed E-state index contributed by atoms with van der Waals surface area (Å²) in [4.78, 5) is 17.5. The number of fused-ring (bicyclic) bond motifs is 1. The van der Waals surface area contributed by atoms with Crippen LogP contribution in [0.2, 0.25) is 0 Å². The molecule has 0 radical (unpaired) electrons. The van der Waals surface area contributed by atoms with E-state index in [1.165, 1.54) is 0 Å². The third kappa shape index (κ3) is 3.64. The highest BCUT2D eigenvalue weighted by molar-refractivity contribution is 6.07. The number of hydrogen-bond donors (Lipinski definition) is 2. The lowest BCUT2D eigenvalue weighted by atomic mass is 10.1. The van der Waals surface area contributed by atoms with Crippen molar-refractivity contribution >= 4 is 28.4 Å². The largest absolute Gasteiger partial charge is 0.348 e. The summed E-state index contributed by atoms with van der Waals surface area (Å²) in [5.41, 5.74) is 2.40. The van der Waals surface area contributed by atoms with Gasteiger partial charge < -0.3 is 10.6 Å². The maximum atomic E-state index is 12.9. The minimum atomic E-state index is -0.134. The van der Waals surface area contributed by atoms with E-state index < -0.39 is 0 Å². The fourth-order valence-corrected chi connectivity index (χ4v) is 2.93. The molecule has 0 spiro atoms. The van der Waals surface area contributed by atoms with Gasteiger partial charge in [0.25, 0.3) is 5.91 Å². The van der Waals surface area contributed by atoms with E-state index in [1.54, 1.807) is 16.9 Å². The summed E-state index contributed by atoms with van der Waals surface area (Å²) in [6.07, 6.45) is 1.71. The molecule has 134 valence electrons. The van der Waals surface area contributed by atoms with Crippen LogP contribution in [0.4, 0.5) is 11.6 Å². The van der Waals surface area contributed by atoms with Gasteiger partial charge in [0.2, 0.25) is 0 Å². The molecule has 0 fully saturated rings. The van der Waals surface area contributed by atoms with E-state index in [1.807, 2.05) is 67.7 Å². The lowest BCUT2D eigenvalue weighted by Gasteiger charge is -2.12. The second kappa shape index (κ2) is 7.29. The van der Waals surface area contributed by atoms with Gasteiger partial charge in [-0.25, -0.2) is 4.98 Å². The molecular formula is C21H19N5O. The van der Waals surface area contributed by atoms with Crippen LogP contribution in [-0.2, 0) is 13.6 Å². The molecule has 1 amide bonds. The van der Waals surface area contributed by atoms with Crippen molar-refractivity contribution in [1.29, 1.82) is 0 Å². The second-order valence-electron chi connectivity index (χ2n) is 6.21. The molecule has 0 bridgehead atoms. The second-order valence-corrected chi connectivity index (χ2v) is 6.21. The molecule has 27 heavy (non-hydrogen) atoms. The first-order valence-electron chi connectivity index (χ1n) is 8.67. The molecular weight excluding hydrogens is 338 g/mol. The predicted octanol–water partition coefficient (Wildman–Crippen LogP) is 3.64. The summed E-state index contributed by atoms with van der Waals surface area (Å²) in [6.45, 7) is 0.473. The number of hydrogen-bond acceptors (Lipinski definition) is 4. The Morgan fingerprint density at radius 1 is 1.04 bits per heavy atom. The Morgan fingerprint density at radius 2 is 1.81 bits per heavy atom. The Morgan fingerprint density at radius 3 is 2.59 bits per heavy atom. The minimum Gasteiger partial charge on any atom is -0.348 e. The summed E-state index contributed by atoms with van der Waals surface area (Å²) in [6, 6.07) is 21.1. The molecule has 2 N–H and O–H groups in total. The lowest BCUT2D eigenvalue weighted by Crippen LogP contribution is -2.23. The van der Waals surface area contributed by atoms with Gasteiger partial charge in [-0.3, -0.25) is 9.48 Å². The van der Waals surface area contributed by atoms with Crippen LogP contribution in [-0.4, -0.2) is 20.7 Å². The van der Waals surface area contributed by atoms with Crippen LogP contribution < -0.4 is 10.6 Å². The molecule has 6 nitrogen and oxygen atoms in total. The molecule has 0 atom stereocenters. The van der Waals surface area contributed by atoms with Crippen LogP contribution >= 0.6 is 0 Å². The van der Waals surface area contributed by atoms with Crippen LogP contribution in [0.15, 0.2) is 72.9 Å². The number of carbonyl (C=O) groups excluding carboxylic acids is 1. The molecule has 0 aliphatic rings. The first-order chi connectivity index (χ1) is 13.2. The van der Waals surface area contributed by atoms with E-state index in [-0.39, 0.29) is 5.91 Å². The molecule has 4 aromatic rings. The minimum absolute atomic E-state index is 0.134. The number of pyridine rings is 1. The smallest absolute Gasteiger partial charge is 0.252 e. The van der Waals surface area contributed by atoms with Gasteiger partial charge in [-0.05, 0) is 17.7 Å². The van der Waals surface area contributed by atoms with Crippen molar-refractivity contribution < 1.29 is 4.79 Å². The van der Waals surface area contributed by atoms with Gasteiger partial charge in [0.1, 0.15) is 11.6 Å². The van der Waals surface area contributed by atoms with Gasteiger partial charge in [0.05, 0.1) is 17.3 Å². The normalized spacial score (nSPS) is 10.7. The quantitative estimate of drug-likeness (QED) is 0.572. The Labute approximate surface area is 156 Å². The van der Waals surface area contributed by atoms with Gasteiger partial charge in [0.15, 0.2) is 0 Å². The Hall–Kier alpha value is -3.67. The highest BCUT2D eigenvalue weighted by Gasteiger charge is 2.13. The monoisotopic (exact) mass is 357 g/mol. The molecule has 2 heterocycles. The summed E-state index contributed by atoms with van der Waals surface area (Å²) in [7, 11) is 1.84. The first kappa shape index (κ1) is 16.8. The van der Waals surface area contributed by atoms with E-state index in [0.29, 0.717) is 17.9 Å². The SMILES string of the molecule is Cn1nccc1Nc1cc(C(=O)NCc2ccccc2)c2ccccc2n1. The fourth-order valence-electron chi connectivity index (χ4n) is 2.93. The van der Waals surface area contributed by atoms with Gasteiger partial charge in [-0.2, -0.15) is 5.10 Å². The Kier molecular flexibility index (Phi) is 4.53. The van der Waals surface area contributed by atoms with Crippen LogP contribution in [0.1, 0.15) is 15.9 Å². The number of para-hydroxylation sites is 1. The summed E-state index contributed by atoms with van der Waals surface area (Å²) in [5, 5.41) is 11.2. The number of benzene rings is 2. The van der Waals surface area contributed by atoms with Gasteiger partial charge in [-0.15, -0.1) is 0 Å². The number of aryl methyl sites for hydroxylation is 1. The summed E-state index contributed by atoms with van der Waals surface area (Å²) >= 11 is 0. The summed E-state index contributed by atoms with van der Waals surface area (Å²) in [5.74, 6) is 1.26. The molecule has 0 aliphatic heterocycles. The number of amides is 1. The predicted molar refractivity (Wildman–Crippen MR) is 106 cm³/mol. The van der Waals surface area contributed by atoms with Crippen molar-refractivity contribution in [2.45, 2.75) is 6.54 Å². The Balaban J connectivity index is 1.65. The zero-order valence-electron chi connectivity index (χ0n) is 14.9. The number of nitrogens with zero attached hydrogens (tertiary/aromatic N) is 3. The van der Waals surface area contributed by atoms with Crippen molar-refractivity contribution in [2.75, 3.05) is 5.32 Å². The maximum Gasteiger partial charge on any atom is 0.252 e. The molecule has 2 aromatic carbocycles. The van der Waals surface area contributed by atoms with E-state index >= 15 is 0 Å². The number of rotatable bonds is 5. The third-order valence-electron chi connectivity index (χ3n) is 4.33. The molecule has 0 saturated heterocycles. The van der Waals surface area contributed by atoms with Crippen LogP contribution in [0.25, 0.3) is 10.9 Å². The highest BCUT2D eigenvalue weighted by atomic mass is 16.1. The fraction of sp³-hybridized carbons (Fsp3) is 0.0952. The van der Waals surface area contributed by atoms with Gasteiger partial charge >= 0.3 is 0 Å². The molecule has 2 aromatic heterocycles. The van der Waals surface area contributed by atoms with Crippen molar-refractivity contribution in [3.05, 3.63) is 84.1 Å². The molecule has 0 unspecified atom stereocenters. The molecule has 0 aliphatic carbocycles. The van der Waals surface area contributed by atoms with E-state index in [4.69, 9.17) is 0 Å². The standard InChI is InChI=1S/C21H19N5O/c1-26-20(11-12-23-26)25-19-13-17(16-9-5-6-10-18(16)24-19)21(27)22-14-15-7-3-2-4-8-15/h2-13H,14H2,1H3,(H,22,27)(H,24,25). The molecule has 6 heteroatoms.